The largest absolute Gasteiger partial charge is 0.316 e. The number of carbonyl (C=O) groups excluding carboxylic acids is 4. The highest BCUT2D eigenvalue weighted by molar-refractivity contribution is 6.46. The fraction of sp³-hybridized carbons (Fsp3) is 0.407. The van der Waals surface area contributed by atoms with Gasteiger partial charge in [0.05, 0.1) is 0 Å². The molecule has 2 heterocycles. The molecule has 1 saturated heterocycles. The number of hydrogen-bond acceptors (Lipinski definition) is 5. The number of fused-ring (bicyclic) bond motifs is 2. The Morgan fingerprint density at radius 1 is 1.09 bits per heavy atom. The molecule has 2 aliphatic heterocycles. The Labute approximate surface area is 204 Å². The van der Waals surface area contributed by atoms with E-state index in [2.05, 4.69) is 0 Å². The molecule has 1 fully saturated rings. The highest BCUT2D eigenvalue weighted by atomic mass is 19.1. The molecule has 2 aliphatic rings. The van der Waals surface area contributed by atoms with Gasteiger partial charge >= 0.3 is 0 Å². The first-order chi connectivity index (χ1) is 16.7. The maximum atomic E-state index is 14.4. The number of hydrogen-bond donors (Lipinski definition) is 0. The molecule has 0 aromatic heterocycles. The summed E-state index contributed by atoms with van der Waals surface area (Å²) in [7, 11) is 3.79. The molecule has 1 spiro atoms. The van der Waals surface area contributed by atoms with Crippen LogP contribution in [0, 0.1) is 18.7 Å². The van der Waals surface area contributed by atoms with E-state index in [4.69, 9.17) is 0 Å². The number of para-hydroxylation sites is 1. The highest BCUT2D eigenvalue weighted by Crippen LogP contribution is 2.53. The average molecular weight is 480 g/mol. The quantitative estimate of drug-likeness (QED) is 0.331. The molecule has 2 atom stereocenters. The molecule has 0 radical (unpaired) electrons. The molecule has 2 aromatic rings. The number of halogens is 1. The first kappa shape index (κ1) is 24.7. The molecular formula is C27H30FN3O4. The molecule has 8 heteroatoms. The Balaban J connectivity index is 1.92. The number of nitrogens with zero attached hydrogens (tertiary/aromatic N) is 3. The number of likely N-dealkylation sites (tertiary alicyclic amines) is 1. The van der Waals surface area contributed by atoms with Crippen molar-refractivity contribution in [1.29, 1.82) is 0 Å². The van der Waals surface area contributed by atoms with Gasteiger partial charge in [-0.15, -0.1) is 0 Å². The van der Waals surface area contributed by atoms with Crippen molar-refractivity contribution in [2.45, 2.75) is 32.2 Å². The van der Waals surface area contributed by atoms with Crippen LogP contribution in [0.4, 0.5) is 10.1 Å². The van der Waals surface area contributed by atoms with Gasteiger partial charge in [-0.1, -0.05) is 37.3 Å². The van der Waals surface area contributed by atoms with Gasteiger partial charge in [-0.05, 0) is 58.1 Å². The molecule has 35 heavy (non-hydrogen) atoms. The van der Waals surface area contributed by atoms with Crippen molar-refractivity contribution < 1.29 is 23.6 Å². The van der Waals surface area contributed by atoms with E-state index in [0.717, 1.165) is 6.07 Å². The zero-order chi connectivity index (χ0) is 25.5. The van der Waals surface area contributed by atoms with Crippen molar-refractivity contribution in [2.75, 3.05) is 38.6 Å². The van der Waals surface area contributed by atoms with Gasteiger partial charge in [0.2, 0.25) is 5.78 Å². The zero-order valence-corrected chi connectivity index (χ0v) is 20.5. The summed E-state index contributed by atoms with van der Waals surface area (Å²) < 4.78 is 14.4. The second-order valence-corrected chi connectivity index (χ2v) is 9.48. The topological polar surface area (TPSA) is 78.0 Å². The van der Waals surface area contributed by atoms with Crippen LogP contribution in [-0.2, 0) is 19.9 Å². The molecule has 0 aliphatic carbocycles. The number of ketones is 2. The maximum absolute atomic E-state index is 14.4. The van der Waals surface area contributed by atoms with Crippen molar-refractivity contribution >= 4 is 29.1 Å². The highest BCUT2D eigenvalue weighted by Gasteiger charge is 2.70. The lowest BCUT2D eigenvalue weighted by Crippen LogP contribution is -2.56. The van der Waals surface area contributed by atoms with Crippen LogP contribution in [0.25, 0.3) is 0 Å². The number of anilines is 1. The standard InChI is InChI=1S/C27H30FN3O4/c1-5-13-30-21-10-7-6-9-19(21)27(26(30)35)22(23(32)18-12-11-17(2)20(28)16-18)24(33)25(34)31(27)15-8-14-29(3)4/h6-7,9-12,16,22H,5,8,13-15H2,1-4H3/t22?,27-/m1/s1. The van der Waals surface area contributed by atoms with Crippen LogP contribution < -0.4 is 4.90 Å². The Hall–Kier alpha value is -3.39. The van der Waals surface area contributed by atoms with Gasteiger partial charge in [-0.25, -0.2) is 4.39 Å². The van der Waals surface area contributed by atoms with E-state index in [0.29, 0.717) is 42.7 Å². The van der Waals surface area contributed by atoms with Crippen LogP contribution >= 0.6 is 0 Å². The first-order valence-corrected chi connectivity index (χ1v) is 11.9. The zero-order valence-electron chi connectivity index (χ0n) is 20.5. The van der Waals surface area contributed by atoms with Gasteiger partial charge in [0.15, 0.2) is 11.3 Å². The Morgan fingerprint density at radius 3 is 2.46 bits per heavy atom. The first-order valence-electron chi connectivity index (χ1n) is 11.9. The molecule has 0 N–H and O–H groups in total. The van der Waals surface area contributed by atoms with E-state index in [1.807, 2.05) is 25.9 Å². The average Bonchev–Trinajstić information content (AvgIpc) is 3.19. The van der Waals surface area contributed by atoms with Crippen molar-refractivity contribution in [3.63, 3.8) is 0 Å². The lowest BCUT2D eigenvalue weighted by molar-refractivity contribution is -0.143. The number of benzene rings is 2. The summed E-state index contributed by atoms with van der Waals surface area (Å²) in [5.74, 6) is -5.14. The van der Waals surface area contributed by atoms with E-state index < -0.39 is 40.7 Å². The third-order valence-corrected chi connectivity index (χ3v) is 6.89. The van der Waals surface area contributed by atoms with Crippen LogP contribution in [0.2, 0.25) is 0 Å². The van der Waals surface area contributed by atoms with E-state index in [1.165, 1.54) is 17.0 Å². The number of aryl methyl sites for hydroxylation is 1. The minimum Gasteiger partial charge on any atom is -0.316 e. The Morgan fingerprint density at radius 2 is 1.80 bits per heavy atom. The van der Waals surface area contributed by atoms with Gasteiger partial charge in [0.25, 0.3) is 11.8 Å². The van der Waals surface area contributed by atoms with Crippen molar-refractivity contribution in [3.05, 3.63) is 65.0 Å². The van der Waals surface area contributed by atoms with Crippen molar-refractivity contribution in [1.82, 2.24) is 9.80 Å². The van der Waals surface area contributed by atoms with Crippen molar-refractivity contribution in [3.8, 4) is 0 Å². The van der Waals surface area contributed by atoms with E-state index >= 15 is 0 Å². The number of carbonyl (C=O) groups is 4. The predicted molar refractivity (Wildman–Crippen MR) is 130 cm³/mol. The minimum absolute atomic E-state index is 0.0343. The van der Waals surface area contributed by atoms with Crippen LogP contribution in [-0.4, -0.2) is 66.9 Å². The molecule has 2 aromatic carbocycles. The second kappa shape index (κ2) is 9.34. The second-order valence-electron chi connectivity index (χ2n) is 9.48. The molecule has 2 amide bonds. The SMILES string of the molecule is CCCN1C(=O)[C@@]2(c3ccccc31)C(C(=O)c1ccc(C)c(F)c1)C(=O)C(=O)N2CCCN(C)C. The smallest absolute Gasteiger partial charge is 0.292 e. The van der Waals surface area contributed by atoms with Gasteiger partial charge in [-0.3, -0.25) is 19.2 Å². The molecule has 7 nitrogen and oxygen atoms in total. The summed E-state index contributed by atoms with van der Waals surface area (Å²) in [5.41, 5.74) is -0.411. The van der Waals surface area contributed by atoms with Crippen molar-refractivity contribution in [2.24, 2.45) is 5.92 Å². The Kier molecular flexibility index (Phi) is 6.60. The number of Topliss-reactive ketones (excluding diaryl/α,β-unsaturated/α-hetero) is 2. The Bertz CT molecular complexity index is 1210. The van der Waals surface area contributed by atoms with Gasteiger partial charge in [0, 0.05) is 29.9 Å². The van der Waals surface area contributed by atoms with Crippen LogP contribution in [0.15, 0.2) is 42.5 Å². The van der Waals surface area contributed by atoms with Gasteiger partial charge < -0.3 is 14.7 Å². The maximum Gasteiger partial charge on any atom is 0.292 e. The fourth-order valence-electron chi connectivity index (χ4n) is 5.25. The van der Waals surface area contributed by atoms with Gasteiger partial charge in [-0.2, -0.15) is 0 Å². The summed E-state index contributed by atoms with van der Waals surface area (Å²) in [4.78, 5) is 59.7. The number of rotatable bonds is 8. The normalized spacial score (nSPS) is 21.5. The molecule has 0 saturated carbocycles. The molecule has 1 unspecified atom stereocenters. The van der Waals surface area contributed by atoms with Crippen LogP contribution in [0.1, 0.15) is 41.3 Å². The van der Waals surface area contributed by atoms with E-state index in [1.54, 1.807) is 36.1 Å². The monoisotopic (exact) mass is 479 g/mol. The predicted octanol–water partition coefficient (Wildman–Crippen LogP) is 2.95. The molecule has 0 bridgehead atoms. The molecular weight excluding hydrogens is 449 g/mol. The lowest BCUT2D eigenvalue weighted by atomic mass is 9.75. The number of amides is 2. The summed E-state index contributed by atoms with van der Waals surface area (Å²) in [6.07, 6.45) is 1.16. The van der Waals surface area contributed by atoms with E-state index in [-0.39, 0.29) is 12.1 Å². The molecule has 184 valence electrons. The minimum atomic E-state index is -1.79. The van der Waals surface area contributed by atoms with Gasteiger partial charge in [0.1, 0.15) is 11.7 Å². The third kappa shape index (κ3) is 3.76. The summed E-state index contributed by atoms with van der Waals surface area (Å²) in [6, 6.07) is 11.0. The van der Waals surface area contributed by atoms with Crippen LogP contribution in [0.3, 0.4) is 0 Å². The van der Waals surface area contributed by atoms with Crippen LogP contribution in [0.5, 0.6) is 0 Å². The van der Waals surface area contributed by atoms with E-state index in [9.17, 15) is 23.6 Å². The molecule has 4 rings (SSSR count). The summed E-state index contributed by atoms with van der Waals surface area (Å²) in [6.45, 7) is 4.64. The lowest BCUT2D eigenvalue weighted by Gasteiger charge is -2.37. The fourth-order valence-corrected chi connectivity index (χ4v) is 5.25. The summed E-state index contributed by atoms with van der Waals surface area (Å²) in [5, 5.41) is 0. The summed E-state index contributed by atoms with van der Waals surface area (Å²) >= 11 is 0. The third-order valence-electron chi connectivity index (χ3n) is 6.89.